The molecule has 0 unspecified atom stereocenters. The molecule has 1 aromatic heterocycles. The van der Waals surface area contributed by atoms with Gasteiger partial charge in [0, 0.05) is 41.3 Å². The molecule has 2 saturated heterocycles. The highest BCUT2D eigenvalue weighted by molar-refractivity contribution is 8.00. The van der Waals surface area contributed by atoms with Crippen molar-refractivity contribution in [1.82, 2.24) is 9.80 Å². The third kappa shape index (κ3) is 7.79. The van der Waals surface area contributed by atoms with E-state index in [1.807, 2.05) is 6.07 Å². The number of anilines is 1. The number of alkyl halides is 3. The maximum Gasteiger partial charge on any atom is 0.490 e. The minimum Gasteiger partial charge on any atom is -0.543 e. The van der Waals surface area contributed by atoms with Gasteiger partial charge in [0.2, 0.25) is 18.4 Å². The number of pyridine rings is 1. The van der Waals surface area contributed by atoms with Gasteiger partial charge in [0.15, 0.2) is 12.4 Å². The molecule has 5 rings (SSSR count). The molecule has 3 aliphatic rings. The monoisotopic (exact) mass is 649 g/mol. The molecule has 3 aliphatic heterocycles. The molecule has 13 nitrogen and oxygen atoms in total. The van der Waals surface area contributed by atoms with Crippen molar-refractivity contribution in [2.45, 2.75) is 37.1 Å². The van der Waals surface area contributed by atoms with E-state index in [2.05, 4.69) is 5.32 Å². The van der Waals surface area contributed by atoms with E-state index in [9.17, 15) is 42.6 Å². The van der Waals surface area contributed by atoms with Crippen molar-refractivity contribution in [1.29, 1.82) is 0 Å². The number of likely N-dealkylation sites (tertiary alicyclic amines) is 1. The predicted octanol–water partition coefficient (Wildman–Crippen LogP) is -0.143. The molecule has 3 amide bonds. The standard InChI is InChI=1S/C26H25N5O6S.C2HF3O2/c27-21-24(35)31-22(26(36)37)17(14-38-25(21)31)9-16-6-8-30(23(16)34)12-15-3-2-7-29(11-15)13-20(33)28-18-4-1-5-19(32)10-18;3-2(4,5)1(6)7/h1-5,7,9-11,21,25H,6,8,12-14,27H2,(H2-,28,32,33,36,37);(H,6,7)/t21-,25-;/m1./s1. The topological polar surface area (TPSA) is 197 Å². The second-order valence-corrected chi connectivity index (χ2v) is 11.1. The van der Waals surface area contributed by atoms with Crippen LogP contribution in [-0.2, 0) is 37.1 Å². The van der Waals surface area contributed by atoms with Gasteiger partial charge in [0.1, 0.15) is 17.2 Å². The van der Waals surface area contributed by atoms with Gasteiger partial charge in [0.25, 0.3) is 5.91 Å². The quantitative estimate of drug-likeness (QED) is 0.178. The van der Waals surface area contributed by atoms with Gasteiger partial charge in [-0.1, -0.05) is 6.07 Å². The van der Waals surface area contributed by atoms with Crippen molar-refractivity contribution in [3.05, 3.63) is 77.3 Å². The molecule has 5 N–H and O–H groups in total. The van der Waals surface area contributed by atoms with Gasteiger partial charge in [-0.05, 0) is 36.3 Å². The molecule has 2 aromatic rings. The van der Waals surface area contributed by atoms with Gasteiger partial charge >= 0.3 is 12.1 Å². The number of nitrogens with zero attached hydrogens (tertiary/aromatic N) is 3. The minimum absolute atomic E-state index is 0.0420. The van der Waals surface area contributed by atoms with E-state index in [0.717, 1.165) is 10.5 Å². The van der Waals surface area contributed by atoms with Crippen LogP contribution in [-0.4, -0.2) is 79.6 Å². The molecule has 0 spiro atoms. The van der Waals surface area contributed by atoms with E-state index >= 15 is 0 Å². The predicted molar refractivity (Wildman–Crippen MR) is 148 cm³/mol. The number of phenols is 1. The summed E-state index contributed by atoms with van der Waals surface area (Å²) in [5.74, 6) is -4.81. The summed E-state index contributed by atoms with van der Waals surface area (Å²) in [4.78, 5) is 61.2. The van der Waals surface area contributed by atoms with Crippen LogP contribution in [0.3, 0.4) is 0 Å². The maximum atomic E-state index is 13.1. The summed E-state index contributed by atoms with van der Waals surface area (Å²) in [5, 5.41) is 30.8. The zero-order valence-electron chi connectivity index (χ0n) is 23.2. The summed E-state index contributed by atoms with van der Waals surface area (Å²) in [7, 11) is 0. The summed E-state index contributed by atoms with van der Waals surface area (Å²) in [6.45, 7) is 0.808. The first-order valence-corrected chi connectivity index (χ1v) is 14.2. The molecular weight excluding hydrogens is 623 g/mol. The van der Waals surface area contributed by atoms with Gasteiger partial charge < -0.3 is 36.1 Å². The van der Waals surface area contributed by atoms with Crippen LogP contribution in [0.2, 0.25) is 0 Å². The molecule has 0 saturated carbocycles. The van der Waals surface area contributed by atoms with Crippen molar-refractivity contribution in [3.63, 3.8) is 0 Å². The smallest absolute Gasteiger partial charge is 0.490 e. The lowest BCUT2D eigenvalue weighted by atomic mass is 10.0. The number of carbonyl (C=O) groups is 5. The molecule has 0 aliphatic carbocycles. The van der Waals surface area contributed by atoms with Crippen molar-refractivity contribution < 1.29 is 57.0 Å². The Kier molecular flexibility index (Phi) is 9.82. The van der Waals surface area contributed by atoms with Crippen LogP contribution < -0.4 is 20.7 Å². The number of carboxylic acid groups (broad SMARTS) is 2. The molecule has 4 heterocycles. The molecule has 1 aromatic carbocycles. The third-order valence-electron chi connectivity index (χ3n) is 6.79. The number of hydrogen-bond donors (Lipinski definition) is 4. The van der Waals surface area contributed by atoms with Crippen LogP contribution in [0.25, 0.3) is 0 Å². The Labute approximate surface area is 257 Å². The number of fused-ring (bicyclic) bond motifs is 1. The van der Waals surface area contributed by atoms with E-state index in [-0.39, 0.29) is 29.8 Å². The normalized spacial score (nSPS) is 20.3. The first-order chi connectivity index (χ1) is 21.1. The van der Waals surface area contributed by atoms with Crippen molar-refractivity contribution >= 4 is 47.1 Å². The van der Waals surface area contributed by atoms with Gasteiger partial charge in [-0.3, -0.25) is 19.3 Å². The highest BCUT2D eigenvalue weighted by Gasteiger charge is 2.50. The number of rotatable bonds is 7. The van der Waals surface area contributed by atoms with E-state index in [0.29, 0.717) is 42.1 Å². The second kappa shape index (κ2) is 13.4. The number of aliphatic carboxylic acids is 2. The Balaban J connectivity index is 0.000000591. The SMILES string of the molecule is N[C@@H]1C(=O)N2C(C(=O)[O-])=C(C=C3CCN(Cc4ccc[n+](CC(=O)Nc5cccc(O)c5)c4)C3=O)CS[C@H]12.O=C(O)C(F)(F)F. The van der Waals surface area contributed by atoms with E-state index in [1.54, 1.807) is 46.1 Å². The largest absolute Gasteiger partial charge is 0.543 e. The van der Waals surface area contributed by atoms with Gasteiger partial charge in [-0.25, -0.2) is 4.79 Å². The molecule has 2 fully saturated rings. The van der Waals surface area contributed by atoms with E-state index < -0.39 is 35.4 Å². The summed E-state index contributed by atoms with van der Waals surface area (Å²) >= 11 is 1.36. The third-order valence-corrected chi connectivity index (χ3v) is 8.11. The fourth-order valence-corrected chi connectivity index (χ4v) is 5.99. The number of nitrogens with one attached hydrogen (secondary N) is 1. The average Bonchev–Trinajstić information content (AvgIpc) is 3.30. The lowest BCUT2D eigenvalue weighted by Gasteiger charge is -2.49. The molecule has 17 heteroatoms. The van der Waals surface area contributed by atoms with Crippen LogP contribution >= 0.6 is 11.8 Å². The Hall–Kier alpha value is -4.90. The van der Waals surface area contributed by atoms with Crippen molar-refractivity contribution in [2.75, 3.05) is 17.6 Å². The zero-order chi connectivity index (χ0) is 33.1. The van der Waals surface area contributed by atoms with E-state index in [1.165, 1.54) is 23.9 Å². The number of carboxylic acids is 2. The maximum absolute atomic E-state index is 13.1. The number of aromatic hydroxyl groups is 1. The number of phenolic OH excluding ortho intramolecular Hbond substituents is 1. The van der Waals surface area contributed by atoms with Crippen LogP contribution in [0.1, 0.15) is 12.0 Å². The number of aromatic nitrogens is 1. The minimum atomic E-state index is -5.08. The number of β-lactam (4-membered cyclic amide) rings is 1. The lowest BCUT2D eigenvalue weighted by Crippen LogP contribution is -2.69. The molecule has 0 bridgehead atoms. The summed E-state index contributed by atoms with van der Waals surface area (Å²) in [6.07, 6.45) is 0.437. The Morgan fingerprint density at radius 3 is 2.56 bits per heavy atom. The highest BCUT2D eigenvalue weighted by atomic mass is 32.2. The fraction of sp³-hybridized carbons (Fsp3) is 0.286. The zero-order valence-corrected chi connectivity index (χ0v) is 24.0. The molecule has 2 atom stereocenters. The number of carbonyl (C=O) groups excluding carboxylic acids is 4. The van der Waals surface area contributed by atoms with Gasteiger partial charge in [0.05, 0.1) is 18.2 Å². The average molecular weight is 650 g/mol. The van der Waals surface area contributed by atoms with Crippen LogP contribution in [0.15, 0.2) is 71.7 Å². The second-order valence-electron chi connectivity index (χ2n) is 10.0. The van der Waals surface area contributed by atoms with Gasteiger partial charge in [-0.15, -0.1) is 11.8 Å². The first-order valence-electron chi connectivity index (χ1n) is 13.2. The van der Waals surface area contributed by atoms with Crippen LogP contribution in [0, 0.1) is 0 Å². The number of amides is 3. The summed E-state index contributed by atoms with van der Waals surface area (Å²) in [5.41, 5.74) is 7.70. The number of nitrogens with two attached hydrogens (primary N) is 1. The molecule has 238 valence electrons. The van der Waals surface area contributed by atoms with Crippen LogP contribution in [0.4, 0.5) is 18.9 Å². The van der Waals surface area contributed by atoms with Gasteiger partial charge in [-0.2, -0.15) is 17.7 Å². The Morgan fingerprint density at radius 2 is 1.91 bits per heavy atom. The van der Waals surface area contributed by atoms with Crippen molar-refractivity contribution in [3.8, 4) is 5.75 Å². The Bertz CT molecular complexity index is 1610. The summed E-state index contributed by atoms with van der Waals surface area (Å²) in [6, 6.07) is 9.18. The van der Waals surface area contributed by atoms with Crippen LogP contribution in [0.5, 0.6) is 5.75 Å². The first kappa shape index (κ1) is 33.0. The fourth-order valence-electron chi connectivity index (χ4n) is 4.74. The highest BCUT2D eigenvalue weighted by Crippen LogP contribution is 2.40. The van der Waals surface area contributed by atoms with Crippen molar-refractivity contribution in [2.24, 2.45) is 5.73 Å². The molecule has 45 heavy (non-hydrogen) atoms. The Morgan fingerprint density at radius 1 is 1.20 bits per heavy atom. The number of allylic oxidation sites excluding steroid dienone is 1. The number of halogens is 3. The molecular formula is C28H26F3N5O8S. The number of thioether (sulfide) groups is 1. The number of hydrogen-bond acceptors (Lipinski definition) is 9. The number of benzene rings is 1. The summed E-state index contributed by atoms with van der Waals surface area (Å²) < 4.78 is 33.4. The molecule has 0 radical (unpaired) electrons. The lowest BCUT2D eigenvalue weighted by molar-refractivity contribution is -0.684. The van der Waals surface area contributed by atoms with E-state index in [4.69, 9.17) is 15.6 Å².